The SMILES string of the molecule is NCc1ccc(CCN2C(=O)c3cc4c(cc3CCCN2C(=O)c2ccccc2)CN(CCc2ccccc2)C(=O)C(CC(=O)O)C4)cc1. The molecule has 252 valence electrons. The molecule has 2 aliphatic heterocycles. The largest absolute Gasteiger partial charge is 0.481 e. The molecule has 3 N–H and O–H groups in total. The van der Waals surface area contributed by atoms with Crippen LogP contribution in [0.15, 0.2) is 97.1 Å². The molecule has 1 unspecified atom stereocenters. The molecule has 0 saturated heterocycles. The summed E-state index contributed by atoms with van der Waals surface area (Å²) in [5.74, 6) is -2.50. The highest BCUT2D eigenvalue weighted by Crippen LogP contribution is 2.31. The summed E-state index contributed by atoms with van der Waals surface area (Å²) < 4.78 is 0. The van der Waals surface area contributed by atoms with Gasteiger partial charge in [-0.15, -0.1) is 0 Å². The zero-order valence-electron chi connectivity index (χ0n) is 27.6. The number of amides is 3. The first-order valence-electron chi connectivity index (χ1n) is 17.0. The molecular formula is C40H42N4O5. The molecule has 1 atom stereocenters. The van der Waals surface area contributed by atoms with E-state index in [4.69, 9.17) is 5.73 Å². The maximum absolute atomic E-state index is 14.6. The molecule has 0 fully saturated rings. The lowest BCUT2D eigenvalue weighted by Gasteiger charge is -2.37. The van der Waals surface area contributed by atoms with E-state index in [1.165, 1.54) is 0 Å². The van der Waals surface area contributed by atoms with Gasteiger partial charge in [0.1, 0.15) is 0 Å². The Kier molecular flexibility index (Phi) is 10.5. The maximum atomic E-state index is 14.6. The third kappa shape index (κ3) is 7.90. The van der Waals surface area contributed by atoms with Crippen molar-refractivity contribution in [1.82, 2.24) is 14.9 Å². The summed E-state index contributed by atoms with van der Waals surface area (Å²) in [5, 5.41) is 12.9. The Morgan fingerprint density at radius 3 is 2.12 bits per heavy atom. The molecule has 2 aliphatic rings. The summed E-state index contributed by atoms with van der Waals surface area (Å²) in [5.41, 5.74) is 12.5. The monoisotopic (exact) mass is 658 g/mol. The number of carboxylic acids is 1. The smallest absolute Gasteiger partial charge is 0.304 e. The summed E-state index contributed by atoms with van der Waals surface area (Å²) in [6, 6.07) is 30.7. The standard InChI is InChI=1S/C40H42N4O5/c41-26-30-15-13-29(14-16-30)18-21-44-40(49)36-24-33-23-34(25-37(45)46)38(47)42(20-17-28-8-3-1-4-9-28)27-35(33)22-32(36)12-7-19-43(44)39(48)31-10-5-2-6-11-31/h1-6,8-11,13-16,22,24,34H,7,12,17-21,23,25-27,41H2,(H,45,46). The molecule has 0 bridgehead atoms. The highest BCUT2D eigenvalue weighted by molar-refractivity contribution is 6.00. The van der Waals surface area contributed by atoms with Crippen molar-refractivity contribution < 1.29 is 24.3 Å². The van der Waals surface area contributed by atoms with Crippen LogP contribution in [0, 0.1) is 5.92 Å². The van der Waals surface area contributed by atoms with Gasteiger partial charge in [-0.25, -0.2) is 10.0 Å². The summed E-state index contributed by atoms with van der Waals surface area (Å²) in [4.78, 5) is 56.0. The molecule has 4 aromatic rings. The highest BCUT2D eigenvalue weighted by Gasteiger charge is 2.35. The van der Waals surface area contributed by atoms with Crippen molar-refractivity contribution in [2.45, 2.75) is 51.6 Å². The second-order valence-corrected chi connectivity index (χ2v) is 12.9. The lowest BCUT2D eigenvalue weighted by molar-refractivity contribution is -0.144. The quantitative estimate of drug-likeness (QED) is 0.246. The van der Waals surface area contributed by atoms with E-state index >= 15 is 0 Å². The van der Waals surface area contributed by atoms with E-state index in [1.54, 1.807) is 27.1 Å². The molecule has 6 rings (SSSR count). The number of hydrazine groups is 1. The number of rotatable bonds is 10. The zero-order valence-corrected chi connectivity index (χ0v) is 27.6. The number of carboxylic acid groups (broad SMARTS) is 1. The molecule has 49 heavy (non-hydrogen) atoms. The third-order valence-electron chi connectivity index (χ3n) is 9.55. The van der Waals surface area contributed by atoms with Gasteiger partial charge in [-0.1, -0.05) is 78.9 Å². The van der Waals surface area contributed by atoms with Gasteiger partial charge in [0, 0.05) is 43.9 Å². The minimum Gasteiger partial charge on any atom is -0.481 e. The van der Waals surface area contributed by atoms with Crippen LogP contribution in [0.4, 0.5) is 0 Å². The van der Waals surface area contributed by atoms with Crippen molar-refractivity contribution in [2.24, 2.45) is 11.7 Å². The Labute approximate surface area is 286 Å². The number of nitrogens with two attached hydrogens (primary N) is 1. The minimum absolute atomic E-state index is 0.185. The van der Waals surface area contributed by atoms with E-state index in [2.05, 4.69) is 0 Å². The number of nitrogens with zero attached hydrogens (tertiary/aromatic N) is 3. The van der Waals surface area contributed by atoms with Gasteiger partial charge < -0.3 is 15.7 Å². The number of benzene rings is 4. The van der Waals surface area contributed by atoms with Gasteiger partial charge in [0.15, 0.2) is 0 Å². The Morgan fingerprint density at radius 2 is 1.43 bits per heavy atom. The Hall–Kier alpha value is -5.28. The molecule has 2 heterocycles. The van der Waals surface area contributed by atoms with Crippen LogP contribution in [0.2, 0.25) is 0 Å². The molecular weight excluding hydrogens is 616 g/mol. The van der Waals surface area contributed by atoms with Gasteiger partial charge in [-0.3, -0.25) is 19.2 Å². The maximum Gasteiger partial charge on any atom is 0.304 e. The topological polar surface area (TPSA) is 124 Å². The van der Waals surface area contributed by atoms with Crippen molar-refractivity contribution in [3.63, 3.8) is 0 Å². The van der Waals surface area contributed by atoms with E-state index in [1.807, 2.05) is 84.9 Å². The lowest BCUT2D eigenvalue weighted by Crippen LogP contribution is -2.52. The van der Waals surface area contributed by atoms with E-state index < -0.39 is 11.9 Å². The average molecular weight is 659 g/mol. The average Bonchev–Trinajstić information content (AvgIpc) is 3.24. The van der Waals surface area contributed by atoms with E-state index in [-0.39, 0.29) is 37.1 Å². The molecule has 9 heteroatoms. The first-order chi connectivity index (χ1) is 23.8. The number of aliphatic carboxylic acids is 1. The van der Waals surface area contributed by atoms with Crippen molar-refractivity contribution in [2.75, 3.05) is 19.6 Å². The predicted molar refractivity (Wildman–Crippen MR) is 186 cm³/mol. The number of carbonyl (C=O) groups excluding carboxylic acids is 3. The van der Waals surface area contributed by atoms with Crippen LogP contribution in [0.3, 0.4) is 0 Å². The second kappa shape index (κ2) is 15.3. The summed E-state index contributed by atoms with van der Waals surface area (Å²) in [6.07, 6.45) is 2.33. The second-order valence-electron chi connectivity index (χ2n) is 12.9. The van der Waals surface area contributed by atoms with Crippen LogP contribution in [-0.4, -0.2) is 63.3 Å². The summed E-state index contributed by atoms with van der Waals surface area (Å²) in [7, 11) is 0. The van der Waals surface area contributed by atoms with Crippen molar-refractivity contribution >= 4 is 23.7 Å². The van der Waals surface area contributed by atoms with Crippen LogP contribution < -0.4 is 5.73 Å². The first-order valence-corrected chi connectivity index (χ1v) is 17.0. The van der Waals surface area contributed by atoms with E-state index in [0.29, 0.717) is 63.0 Å². The molecule has 0 radical (unpaired) electrons. The van der Waals surface area contributed by atoms with E-state index in [9.17, 15) is 24.3 Å². The van der Waals surface area contributed by atoms with Gasteiger partial charge in [-0.05, 0) is 83.7 Å². The molecule has 0 saturated carbocycles. The minimum atomic E-state index is -1.03. The zero-order chi connectivity index (χ0) is 34.3. The Bertz CT molecular complexity index is 1810. The van der Waals surface area contributed by atoms with Gasteiger partial charge in [0.2, 0.25) is 5.91 Å². The molecule has 9 nitrogen and oxygen atoms in total. The number of carbonyl (C=O) groups is 4. The summed E-state index contributed by atoms with van der Waals surface area (Å²) in [6.45, 7) is 1.90. The van der Waals surface area contributed by atoms with Gasteiger partial charge in [-0.2, -0.15) is 0 Å². The van der Waals surface area contributed by atoms with Crippen molar-refractivity contribution in [1.29, 1.82) is 0 Å². The number of aryl methyl sites for hydroxylation is 1. The normalized spacial score (nSPS) is 16.3. The first kappa shape index (κ1) is 33.6. The fourth-order valence-electron chi connectivity index (χ4n) is 6.88. The lowest BCUT2D eigenvalue weighted by atomic mass is 9.89. The van der Waals surface area contributed by atoms with Crippen molar-refractivity contribution in [3.8, 4) is 0 Å². The Balaban J connectivity index is 1.34. The Morgan fingerprint density at radius 1 is 0.776 bits per heavy atom. The number of hydrogen-bond acceptors (Lipinski definition) is 5. The van der Waals surface area contributed by atoms with Crippen LogP contribution >= 0.6 is 0 Å². The fraction of sp³-hybridized carbons (Fsp3) is 0.300. The molecule has 0 spiro atoms. The number of hydrogen-bond donors (Lipinski definition) is 2. The predicted octanol–water partition coefficient (Wildman–Crippen LogP) is 5.05. The van der Waals surface area contributed by atoms with Crippen LogP contribution in [0.25, 0.3) is 0 Å². The highest BCUT2D eigenvalue weighted by atomic mass is 16.4. The molecule has 0 aliphatic carbocycles. The summed E-state index contributed by atoms with van der Waals surface area (Å²) >= 11 is 0. The van der Waals surface area contributed by atoms with Crippen LogP contribution in [0.1, 0.15) is 66.9 Å². The third-order valence-corrected chi connectivity index (χ3v) is 9.55. The van der Waals surface area contributed by atoms with Crippen LogP contribution in [0.5, 0.6) is 0 Å². The molecule has 0 aromatic heterocycles. The van der Waals surface area contributed by atoms with Gasteiger partial charge in [0.25, 0.3) is 11.8 Å². The van der Waals surface area contributed by atoms with Crippen LogP contribution in [-0.2, 0) is 48.4 Å². The van der Waals surface area contributed by atoms with Gasteiger partial charge in [0.05, 0.1) is 12.3 Å². The molecule has 4 aromatic carbocycles. The van der Waals surface area contributed by atoms with E-state index in [0.717, 1.165) is 33.4 Å². The molecule has 3 amide bonds. The number of fused-ring (bicyclic) bond motifs is 2. The fourth-order valence-corrected chi connectivity index (χ4v) is 6.88. The van der Waals surface area contributed by atoms with Crippen molar-refractivity contribution in [3.05, 3.63) is 142 Å². The van der Waals surface area contributed by atoms with Gasteiger partial charge >= 0.3 is 5.97 Å².